The first-order valence-corrected chi connectivity index (χ1v) is 28.1. The number of aromatic nitrogens is 2. The first kappa shape index (κ1) is 64.6. The number of nitrogens with zero attached hydrogens (tertiary/aromatic N) is 3. The van der Waals surface area contributed by atoms with E-state index in [4.69, 9.17) is 47.4 Å². The van der Waals surface area contributed by atoms with Gasteiger partial charge in [0.05, 0.1) is 54.6 Å². The summed E-state index contributed by atoms with van der Waals surface area (Å²) >= 11 is 0. The van der Waals surface area contributed by atoms with Crippen molar-refractivity contribution < 1.29 is 81.6 Å². The van der Waals surface area contributed by atoms with Crippen molar-refractivity contribution in [3.63, 3.8) is 0 Å². The highest BCUT2D eigenvalue weighted by molar-refractivity contribution is 5.85. The molecule has 5 saturated heterocycles. The van der Waals surface area contributed by atoms with Crippen molar-refractivity contribution in [2.75, 3.05) is 48.0 Å². The summed E-state index contributed by atoms with van der Waals surface area (Å²) in [6.45, 7) is 20.0. The van der Waals surface area contributed by atoms with Crippen molar-refractivity contribution in [2.45, 2.75) is 224 Å². The molecule has 5 aliphatic heterocycles. The number of likely N-dealkylation sites (N-methyl/N-ethyl adjacent to an activating group) is 1. The molecular formula is C55H90N6O19. The van der Waals surface area contributed by atoms with Gasteiger partial charge >= 0.3 is 29.8 Å². The summed E-state index contributed by atoms with van der Waals surface area (Å²) in [6, 6.07) is -2.68. The Morgan fingerprint density at radius 2 is 1.57 bits per heavy atom. The van der Waals surface area contributed by atoms with Gasteiger partial charge < -0.3 is 78.0 Å². The van der Waals surface area contributed by atoms with Crippen LogP contribution < -0.4 is 21.9 Å². The number of ketones is 1. The minimum Gasteiger partial charge on any atom is -0.458 e. The Balaban J connectivity index is 1.31. The topological polar surface area (TPSA) is 304 Å². The maximum Gasteiger partial charge on any atom is 0.410 e. The summed E-state index contributed by atoms with van der Waals surface area (Å²) in [5.74, 6) is -5.12. The molecule has 0 aromatic carbocycles. The lowest BCUT2D eigenvalue weighted by Gasteiger charge is -2.50. The van der Waals surface area contributed by atoms with Gasteiger partial charge in [-0.3, -0.25) is 28.7 Å². The van der Waals surface area contributed by atoms with Crippen LogP contribution in [0.5, 0.6) is 0 Å². The number of hydrogen-bond acceptors (Lipinski definition) is 20. The van der Waals surface area contributed by atoms with Crippen LogP contribution in [0.3, 0.4) is 0 Å². The number of rotatable bonds is 16. The number of carbonyl (C=O) groups excluding carboxylic acids is 5. The van der Waals surface area contributed by atoms with Crippen LogP contribution in [-0.2, 0) is 61.8 Å². The predicted octanol–water partition coefficient (Wildman–Crippen LogP) is 2.67. The SMILES string of the molecule is CC[C@H]1OC(=O)[C@H](C)[C@@H](O[C@H]2C[C@@](C)(OC)[C@@H](OC(C)=O)[C@H](C)O2)[C@H](C)[C@@H](O[C@@H]2O[C@H](C)C[C@H](N(C)C)[C@H]2O)[C@](C)(OC)C[C@@H](C)C(=O)[C@H](C)[C@@H]2N(CCCNC(=O)N[C@H]3C[C@H](n4cc(C)c(=O)[nH]c4=O)O[C@@H]3CO)C(=O)O[C@@]21C. The molecule has 6 heterocycles. The van der Waals surface area contributed by atoms with Crippen molar-refractivity contribution in [1.82, 2.24) is 30.0 Å². The molecule has 5 aliphatic rings. The molecule has 21 atom stereocenters. The number of methoxy groups -OCH3 is 2. The van der Waals surface area contributed by atoms with Gasteiger partial charge in [-0.05, 0) is 88.2 Å². The number of ether oxygens (including phenoxy) is 10. The minimum atomic E-state index is -1.59. The monoisotopic (exact) mass is 1140 g/mol. The largest absolute Gasteiger partial charge is 0.458 e. The molecule has 5 N–H and O–H groups in total. The lowest BCUT2D eigenvalue weighted by molar-refractivity contribution is -0.320. The van der Waals surface area contributed by atoms with Crippen molar-refractivity contribution in [3.05, 3.63) is 32.6 Å². The minimum absolute atomic E-state index is 0.00222. The Bertz CT molecular complexity index is 2460. The number of nitrogens with one attached hydrogen (secondary N) is 3. The Morgan fingerprint density at radius 3 is 2.19 bits per heavy atom. The summed E-state index contributed by atoms with van der Waals surface area (Å²) in [5.41, 5.74) is -5.02. The molecular weight excluding hydrogens is 1050 g/mol. The van der Waals surface area contributed by atoms with Crippen LogP contribution in [0.2, 0.25) is 0 Å². The summed E-state index contributed by atoms with van der Waals surface area (Å²) in [5, 5.41) is 27.6. The van der Waals surface area contributed by atoms with Crippen LogP contribution in [0.4, 0.5) is 9.59 Å². The van der Waals surface area contributed by atoms with E-state index < -0.39 is 156 Å². The molecule has 25 heteroatoms. The van der Waals surface area contributed by atoms with Crippen LogP contribution in [0.15, 0.2) is 15.8 Å². The van der Waals surface area contributed by atoms with Crippen LogP contribution >= 0.6 is 0 Å². The standard InChI is InChI=1S/C55H90N6O19/c1-17-38-55(12)44(60(52(70)80-55)20-18-19-56-50(68)57-35-22-39(76-37(35)26-62)61-25-28(3)47(66)58-51(61)69)30(5)41(64)27(2)23-53(10,71-15)45(79-49-42(65)36(59(13)14)21-29(4)73-49)31(6)43(32(7)48(67)77-38)78-40-24-54(11,72-16)46(33(8)74-40)75-34(9)63/h25,27,29-33,35-40,42-46,49,62,65H,17-24,26H2,1-16H3,(H2,56,57,68)(H,58,66,69)/t27-,29-,30+,31+,32-,33+,35+,36+,37-,38-,39-,40+,42-,43+,44+,45-,46+,49+,53-,54-,55-/m1/s1. The van der Waals surface area contributed by atoms with E-state index in [1.165, 1.54) is 43.7 Å². The van der Waals surface area contributed by atoms with Crippen LogP contribution in [0.1, 0.15) is 126 Å². The van der Waals surface area contributed by atoms with Gasteiger partial charge in [0.1, 0.15) is 35.9 Å². The van der Waals surface area contributed by atoms with E-state index in [2.05, 4.69) is 15.6 Å². The highest BCUT2D eigenvalue weighted by Gasteiger charge is 2.61. The second-order valence-corrected chi connectivity index (χ2v) is 23.6. The molecule has 5 fully saturated rings. The number of aliphatic hydroxyl groups excluding tert-OH is 2. The number of amides is 3. The van der Waals surface area contributed by atoms with Crippen molar-refractivity contribution >= 4 is 29.8 Å². The zero-order valence-corrected chi connectivity index (χ0v) is 49.5. The normalized spacial score (nSPS) is 40.2. The van der Waals surface area contributed by atoms with E-state index in [0.29, 0.717) is 6.42 Å². The fraction of sp³-hybridized carbons (Fsp3) is 0.836. The molecule has 0 bridgehead atoms. The van der Waals surface area contributed by atoms with Gasteiger partial charge in [-0.1, -0.05) is 27.7 Å². The molecule has 80 heavy (non-hydrogen) atoms. The lowest BCUT2D eigenvalue weighted by Crippen LogP contribution is -2.62. The second-order valence-electron chi connectivity index (χ2n) is 23.6. The molecule has 0 radical (unpaired) electrons. The first-order valence-electron chi connectivity index (χ1n) is 28.1. The number of Topliss-reactive ketones (excluding diaryl/α,β-unsaturated/α-hetero) is 1. The zero-order valence-electron chi connectivity index (χ0n) is 49.5. The Kier molecular flexibility index (Phi) is 21.3. The average molecular weight is 1140 g/mol. The van der Waals surface area contributed by atoms with Gasteiger partial charge in [0, 0.05) is 82.6 Å². The van der Waals surface area contributed by atoms with E-state index in [9.17, 15) is 34.2 Å². The van der Waals surface area contributed by atoms with Crippen LogP contribution in [0, 0.1) is 30.6 Å². The quantitative estimate of drug-likeness (QED) is 0.0903. The molecule has 454 valence electrons. The van der Waals surface area contributed by atoms with Gasteiger partial charge in [-0.25, -0.2) is 14.4 Å². The van der Waals surface area contributed by atoms with Gasteiger partial charge in [-0.2, -0.15) is 0 Å². The van der Waals surface area contributed by atoms with E-state index >= 15 is 9.59 Å². The molecule has 0 saturated carbocycles. The summed E-state index contributed by atoms with van der Waals surface area (Å²) < 4.78 is 64.8. The summed E-state index contributed by atoms with van der Waals surface area (Å²) in [6.07, 6.45) is -8.61. The second kappa shape index (κ2) is 26.3. The number of aromatic amines is 1. The van der Waals surface area contributed by atoms with Gasteiger partial charge in [0.2, 0.25) is 0 Å². The maximum absolute atomic E-state index is 15.2. The molecule has 25 nitrogen and oxygen atoms in total. The number of urea groups is 1. The number of esters is 2. The van der Waals surface area contributed by atoms with E-state index in [1.807, 2.05) is 32.8 Å². The van der Waals surface area contributed by atoms with Crippen molar-refractivity contribution in [3.8, 4) is 0 Å². The molecule has 1 aromatic heterocycles. The number of hydrogen-bond donors (Lipinski definition) is 5. The fourth-order valence-corrected chi connectivity index (χ4v) is 12.9. The van der Waals surface area contributed by atoms with Crippen LogP contribution in [-0.4, -0.2) is 204 Å². The highest BCUT2D eigenvalue weighted by Crippen LogP contribution is 2.45. The lowest BCUT2D eigenvalue weighted by atomic mass is 9.73. The average Bonchev–Trinajstić information content (AvgIpc) is 4.02. The maximum atomic E-state index is 15.2. The number of aryl methyl sites for hydroxylation is 1. The summed E-state index contributed by atoms with van der Waals surface area (Å²) in [7, 11) is 6.72. The summed E-state index contributed by atoms with van der Waals surface area (Å²) in [4.78, 5) is 100. The molecule has 3 amide bonds. The molecule has 6 rings (SSSR count). The number of carbonyl (C=O) groups is 5. The Hall–Kier alpha value is -4.57. The third kappa shape index (κ3) is 13.7. The molecule has 0 spiro atoms. The van der Waals surface area contributed by atoms with Crippen molar-refractivity contribution in [2.24, 2.45) is 23.7 Å². The number of H-pyrrole nitrogens is 1. The smallest absolute Gasteiger partial charge is 0.410 e. The molecule has 1 aromatic rings. The molecule has 0 aliphatic carbocycles. The third-order valence-electron chi connectivity index (χ3n) is 17.4. The third-order valence-corrected chi connectivity index (χ3v) is 17.4. The van der Waals surface area contributed by atoms with E-state index in [1.54, 1.807) is 55.4 Å². The Morgan fingerprint density at radius 1 is 0.912 bits per heavy atom. The number of aliphatic hydroxyl groups is 2. The van der Waals surface area contributed by atoms with Gasteiger partial charge in [0.15, 0.2) is 24.3 Å². The van der Waals surface area contributed by atoms with Crippen LogP contribution in [0.25, 0.3) is 0 Å². The number of cyclic esters (lactones) is 1. The van der Waals surface area contributed by atoms with Crippen molar-refractivity contribution in [1.29, 1.82) is 0 Å². The molecule has 0 unspecified atom stereocenters. The number of fused-ring (bicyclic) bond motifs is 1. The Labute approximate surface area is 468 Å². The van der Waals surface area contributed by atoms with Gasteiger partial charge in [-0.15, -0.1) is 0 Å². The predicted molar refractivity (Wildman–Crippen MR) is 286 cm³/mol. The highest BCUT2D eigenvalue weighted by atomic mass is 16.7. The first-order chi connectivity index (χ1) is 37.5. The van der Waals surface area contributed by atoms with E-state index in [0.717, 1.165) is 0 Å². The van der Waals surface area contributed by atoms with Gasteiger partial charge in [0.25, 0.3) is 5.56 Å². The fourth-order valence-electron chi connectivity index (χ4n) is 12.9. The van der Waals surface area contributed by atoms with E-state index in [-0.39, 0.29) is 68.7 Å². The zero-order chi connectivity index (χ0) is 59.5.